The van der Waals surface area contributed by atoms with Gasteiger partial charge in [-0.2, -0.15) is 0 Å². The molecule has 29 heavy (non-hydrogen) atoms. The van der Waals surface area contributed by atoms with Gasteiger partial charge < -0.3 is 40.1 Å². The molecule has 2 aliphatic rings. The Balaban J connectivity index is 2.51. The van der Waals surface area contributed by atoms with Crippen molar-refractivity contribution in [3.63, 3.8) is 0 Å². The smallest absolute Gasteiger partial charge is 0.187 e. The van der Waals surface area contributed by atoms with E-state index in [2.05, 4.69) is 0 Å². The van der Waals surface area contributed by atoms with Crippen LogP contribution in [0.15, 0.2) is 11.6 Å². The predicted molar refractivity (Wildman–Crippen MR) is 102 cm³/mol. The first-order valence-electron chi connectivity index (χ1n) is 9.69. The van der Waals surface area contributed by atoms with Crippen LogP contribution in [-0.2, 0) is 14.3 Å². The van der Waals surface area contributed by atoms with Gasteiger partial charge in [0.15, 0.2) is 17.7 Å². The van der Waals surface area contributed by atoms with Crippen molar-refractivity contribution in [3.8, 4) is 0 Å². The molecule has 6 N–H and O–H groups in total. The van der Waals surface area contributed by atoms with Crippen LogP contribution in [0.4, 0.5) is 0 Å². The van der Waals surface area contributed by atoms with Crippen molar-refractivity contribution in [2.24, 2.45) is 10.8 Å². The second-order valence-electron chi connectivity index (χ2n) is 9.54. The second-order valence-corrected chi connectivity index (χ2v) is 9.54. The average molecular weight is 418 g/mol. The maximum atomic E-state index is 13.2. The third-order valence-electron chi connectivity index (χ3n) is 6.04. The largest absolute Gasteiger partial charge is 0.394 e. The van der Waals surface area contributed by atoms with Gasteiger partial charge >= 0.3 is 0 Å². The first-order chi connectivity index (χ1) is 13.1. The molecule has 9 heteroatoms. The van der Waals surface area contributed by atoms with Gasteiger partial charge in [0, 0.05) is 5.41 Å². The topological polar surface area (TPSA) is 157 Å². The van der Waals surface area contributed by atoms with Crippen molar-refractivity contribution in [2.45, 2.75) is 90.1 Å². The number of aliphatic hydroxyl groups excluding tert-OH is 5. The Bertz CT molecular complexity index is 652. The lowest BCUT2D eigenvalue weighted by Gasteiger charge is -2.56. The molecule has 1 heterocycles. The minimum absolute atomic E-state index is 0.631. The van der Waals surface area contributed by atoms with Crippen LogP contribution >= 0.6 is 0 Å². The summed E-state index contributed by atoms with van der Waals surface area (Å²) in [7, 11) is 0. The van der Waals surface area contributed by atoms with Gasteiger partial charge in [-0.3, -0.25) is 4.79 Å². The van der Waals surface area contributed by atoms with E-state index in [4.69, 9.17) is 9.47 Å². The molecule has 0 spiro atoms. The van der Waals surface area contributed by atoms with E-state index in [-0.39, 0.29) is 0 Å². The molecular formula is C20H34O9. The summed E-state index contributed by atoms with van der Waals surface area (Å²) in [5, 5.41) is 62.0. The minimum Gasteiger partial charge on any atom is -0.394 e. The maximum absolute atomic E-state index is 13.2. The highest BCUT2D eigenvalue weighted by Gasteiger charge is 2.66. The Morgan fingerprint density at radius 2 is 1.62 bits per heavy atom. The Morgan fingerprint density at radius 3 is 2.10 bits per heavy atom. The SMILES string of the molecule is CC(C)=C[C@]1(O)C(=O)C(C)(C)[C@@H](O)C(C)(C)[C@H]1O[C@@H]1O[C@H](CO)[C@@H](O)[C@H](O)[C@H]1O. The molecule has 8 atom stereocenters. The van der Waals surface area contributed by atoms with Gasteiger partial charge in [0.2, 0.25) is 0 Å². The first-order valence-corrected chi connectivity index (χ1v) is 9.69. The van der Waals surface area contributed by atoms with Gasteiger partial charge in [-0.1, -0.05) is 33.3 Å². The molecule has 0 aromatic heterocycles. The van der Waals surface area contributed by atoms with Crippen LogP contribution in [0, 0.1) is 10.8 Å². The summed E-state index contributed by atoms with van der Waals surface area (Å²) in [6.45, 7) is 9.05. The summed E-state index contributed by atoms with van der Waals surface area (Å²) in [6.07, 6.45) is -8.94. The van der Waals surface area contributed by atoms with E-state index in [1.54, 1.807) is 27.7 Å². The molecular weight excluding hydrogens is 384 g/mol. The number of rotatable bonds is 4. The third-order valence-corrected chi connectivity index (χ3v) is 6.04. The number of ether oxygens (including phenoxy) is 2. The van der Waals surface area contributed by atoms with Crippen LogP contribution < -0.4 is 0 Å². The summed E-state index contributed by atoms with van der Waals surface area (Å²) >= 11 is 0. The lowest BCUT2D eigenvalue weighted by atomic mass is 9.55. The lowest BCUT2D eigenvalue weighted by molar-refractivity contribution is -0.338. The molecule has 1 saturated carbocycles. The summed E-state index contributed by atoms with van der Waals surface area (Å²) in [4.78, 5) is 13.2. The molecule has 168 valence electrons. The van der Waals surface area contributed by atoms with E-state index in [1.165, 1.54) is 19.9 Å². The first kappa shape index (κ1) is 24.4. The van der Waals surface area contributed by atoms with Crippen LogP contribution in [0.25, 0.3) is 0 Å². The monoisotopic (exact) mass is 418 g/mol. The molecule has 0 aromatic carbocycles. The number of aliphatic hydroxyl groups is 6. The molecule has 2 rings (SSSR count). The summed E-state index contributed by atoms with van der Waals surface area (Å²) in [5.41, 5.74) is -3.99. The van der Waals surface area contributed by atoms with Gasteiger partial charge in [0.1, 0.15) is 30.5 Å². The highest BCUT2D eigenvalue weighted by molar-refractivity contribution is 5.96. The average Bonchev–Trinajstić information content (AvgIpc) is 2.62. The molecule has 0 aromatic rings. The van der Waals surface area contributed by atoms with Crippen LogP contribution in [0.1, 0.15) is 41.5 Å². The van der Waals surface area contributed by atoms with Crippen LogP contribution in [0.3, 0.4) is 0 Å². The van der Waals surface area contributed by atoms with E-state index in [0.29, 0.717) is 5.57 Å². The highest BCUT2D eigenvalue weighted by Crippen LogP contribution is 2.51. The number of Topliss-reactive ketones (excluding diaryl/α,β-unsaturated/α-hetero) is 1. The molecule has 0 amide bonds. The third kappa shape index (κ3) is 3.90. The van der Waals surface area contributed by atoms with Gasteiger partial charge in [0.05, 0.1) is 18.1 Å². The van der Waals surface area contributed by atoms with Gasteiger partial charge in [0.25, 0.3) is 0 Å². The van der Waals surface area contributed by atoms with Crippen molar-refractivity contribution < 1.29 is 44.9 Å². The fourth-order valence-electron chi connectivity index (χ4n) is 4.57. The van der Waals surface area contributed by atoms with Gasteiger partial charge in [-0.05, 0) is 19.9 Å². The highest BCUT2D eigenvalue weighted by atomic mass is 16.7. The van der Waals surface area contributed by atoms with E-state index in [9.17, 15) is 35.4 Å². The summed E-state index contributed by atoms with van der Waals surface area (Å²) in [6, 6.07) is 0. The molecule has 1 aliphatic carbocycles. The standard InChI is InChI=1S/C20H34O9/c1-9(2)7-20(27)16(26)18(3,4)15(25)19(5,6)17(20)29-14-13(24)12(23)11(22)10(8-21)28-14/h7,10-15,17,21-25,27H,8H2,1-6H3/t10-,11-,12+,13-,14+,15-,17-,20+/m1/s1. The van der Waals surface area contributed by atoms with E-state index in [0.717, 1.165) is 0 Å². The van der Waals surface area contributed by atoms with Gasteiger partial charge in [-0.25, -0.2) is 0 Å². The molecule has 0 radical (unpaired) electrons. The Kier molecular flexibility index (Phi) is 6.70. The number of carbonyl (C=O) groups is 1. The number of ketones is 1. The minimum atomic E-state index is -2.15. The normalized spacial score (nSPS) is 44.4. The van der Waals surface area contributed by atoms with E-state index < -0.39 is 71.7 Å². The summed E-state index contributed by atoms with van der Waals surface area (Å²) < 4.78 is 11.2. The van der Waals surface area contributed by atoms with Crippen molar-refractivity contribution in [3.05, 3.63) is 11.6 Å². The Hall–Kier alpha value is -0.910. The zero-order valence-corrected chi connectivity index (χ0v) is 17.7. The fraction of sp³-hybridized carbons (Fsp3) is 0.850. The Morgan fingerprint density at radius 1 is 1.07 bits per heavy atom. The van der Waals surface area contributed by atoms with Crippen molar-refractivity contribution in [1.82, 2.24) is 0 Å². The van der Waals surface area contributed by atoms with Crippen LogP contribution in [0.2, 0.25) is 0 Å². The van der Waals surface area contributed by atoms with Gasteiger partial charge in [-0.15, -0.1) is 0 Å². The molecule has 1 aliphatic heterocycles. The zero-order valence-electron chi connectivity index (χ0n) is 17.7. The quantitative estimate of drug-likeness (QED) is 0.311. The molecule has 2 fully saturated rings. The molecule has 0 bridgehead atoms. The van der Waals surface area contributed by atoms with Crippen molar-refractivity contribution in [2.75, 3.05) is 6.61 Å². The predicted octanol–water partition coefficient (Wildman–Crippen LogP) is -1.14. The second kappa shape index (κ2) is 7.97. The number of hydrogen-bond acceptors (Lipinski definition) is 9. The molecule has 0 unspecified atom stereocenters. The summed E-state index contributed by atoms with van der Waals surface area (Å²) in [5.74, 6) is -0.660. The van der Waals surface area contributed by atoms with Crippen LogP contribution in [0.5, 0.6) is 0 Å². The van der Waals surface area contributed by atoms with Crippen molar-refractivity contribution in [1.29, 1.82) is 0 Å². The van der Waals surface area contributed by atoms with Crippen molar-refractivity contribution >= 4 is 5.78 Å². The molecule has 9 nitrogen and oxygen atoms in total. The fourth-order valence-corrected chi connectivity index (χ4v) is 4.57. The van der Waals surface area contributed by atoms with E-state index in [1.807, 2.05) is 0 Å². The number of hydrogen-bond donors (Lipinski definition) is 6. The zero-order chi connectivity index (χ0) is 22.5. The lowest BCUT2D eigenvalue weighted by Crippen LogP contribution is -2.72. The van der Waals surface area contributed by atoms with E-state index >= 15 is 0 Å². The van der Waals surface area contributed by atoms with Crippen LogP contribution in [-0.4, -0.2) is 91.5 Å². The molecule has 1 saturated heterocycles. The number of allylic oxidation sites excluding steroid dienone is 1. The number of carbonyl (C=O) groups excluding carboxylic acids is 1. The maximum Gasteiger partial charge on any atom is 0.187 e. The Labute approximate surface area is 170 Å².